The second-order valence-electron chi connectivity index (χ2n) is 6.08. The number of ether oxygens (including phenoxy) is 1. The van der Waals surface area contributed by atoms with Crippen molar-refractivity contribution in [3.05, 3.63) is 18.2 Å². The summed E-state index contributed by atoms with van der Waals surface area (Å²) in [5.41, 5.74) is 7.97. The second-order valence-corrected chi connectivity index (χ2v) is 6.08. The molecule has 1 aliphatic rings. The van der Waals surface area contributed by atoms with Gasteiger partial charge in [0.1, 0.15) is 5.75 Å². The van der Waals surface area contributed by atoms with E-state index in [1.54, 1.807) is 0 Å². The van der Waals surface area contributed by atoms with E-state index in [2.05, 4.69) is 24.0 Å². The Bertz CT molecular complexity index is 431. The first-order valence-corrected chi connectivity index (χ1v) is 7.91. The first-order chi connectivity index (χ1) is 9.60. The minimum absolute atomic E-state index is 0.154. The van der Waals surface area contributed by atoms with E-state index in [-0.39, 0.29) is 6.10 Å². The van der Waals surface area contributed by atoms with Crippen LogP contribution in [-0.2, 0) is 0 Å². The normalized spacial score (nSPS) is 20.0. The fraction of sp³-hybridized carbons (Fsp3) is 0.647. The third kappa shape index (κ3) is 3.81. The van der Waals surface area contributed by atoms with Gasteiger partial charge < -0.3 is 15.4 Å². The van der Waals surface area contributed by atoms with Gasteiger partial charge >= 0.3 is 0 Å². The maximum absolute atomic E-state index is 6.00. The molecular weight excluding hydrogens is 248 g/mol. The summed E-state index contributed by atoms with van der Waals surface area (Å²) in [6.07, 6.45) is 5.39. The lowest BCUT2D eigenvalue weighted by atomic mass is 9.98. The van der Waals surface area contributed by atoms with Crippen LogP contribution in [0.2, 0.25) is 0 Å². The molecule has 1 aliphatic heterocycles. The molecule has 1 heterocycles. The van der Waals surface area contributed by atoms with Gasteiger partial charge in [0.15, 0.2) is 0 Å². The van der Waals surface area contributed by atoms with Crippen LogP contribution < -0.4 is 15.4 Å². The molecule has 3 nitrogen and oxygen atoms in total. The maximum Gasteiger partial charge on any atom is 0.144 e. The van der Waals surface area contributed by atoms with E-state index in [1.807, 2.05) is 19.9 Å². The fourth-order valence-corrected chi connectivity index (χ4v) is 2.91. The largest absolute Gasteiger partial charge is 0.489 e. The Morgan fingerprint density at radius 3 is 2.80 bits per heavy atom. The summed E-state index contributed by atoms with van der Waals surface area (Å²) in [5.74, 6) is 1.70. The zero-order valence-electron chi connectivity index (χ0n) is 13.1. The molecule has 3 heteroatoms. The van der Waals surface area contributed by atoms with Gasteiger partial charge in [0.05, 0.1) is 11.8 Å². The summed E-state index contributed by atoms with van der Waals surface area (Å²) < 4.78 is 5.80. The molecule has 1 saturated heterocycles. The molecule has 20 heavy (non-hydrogen) atoms. The number of nitrogens with two attached hydrogens (primary N) is 1. The molecule has 0 aromatic heterocycles. The van der Waals surface area contributed by atoms with Crippen LogP contribution in [-0.4, -0.2) is 19.2 Å². The molecule has 0 saturated carbocycles. The van der Waals surface area contributed by atoms with Crippen LogP contribution in [0.15, 0.2) is 18.2 Å². The summed E-state index contributed by atoms with van der Waals surface area (Å²) in [7, 11) is 0. The van der Waals surface area contributed by atoms with Gasteiger partial charge in [-0.05, 0) is 51.2 Å². The monoisotopic (exact) mass is 276 g/mol. The summed E-state index contributed by atoms with van der Waals surface area (Å²) >= 11 is 0. The van der Waals surface area contributed by atoms with Gasteiger partial charge in [-0.2, -0.15) is 0 Å². The number of anilines is 2. The van der Waals surface area contributed by atoms with Crippen molar-refractivity contribution in [2.24, 2.45) is 5.92 Å². The number of nitrogen functional groups attached to an aromatic ring is 1. The van der Waals surface area contributed by atoms with Crippen LogP contribution in [0.1, 0.15) is 46.5 Å². The Balaban J connectivity index is 2.11. The summed E-state index contributed by atoms with van der Waals surface area (Å²) in [6.45, 7) is 8.65. The van der Waals surface area contributed by atoms with Crippen molar-refractivity contribution >= 4 is 11.4 Å². The van der Waals surface area contributed by atoms with Gasteiger partial charge in [-0.25, -0.2) is 0 Å². The van der Waals surface area contributed by atoms with E-state index in [9.17, 15) is 0 Å². The van der Waals surface area contributed by atoms with Crippen LogP contribution in [0, 0.1) is 5.92 Å². The summed E-state index contributed by atoms with van der Waals surface area (Å²) in [4.78, 5) is 2.47. The van der Waals surface area contributed by atoms with Crippen molar-refractivity contribution < 1.29 is 4.74 Å². The average molecular weight is 276 g/mol. The lowest BCUT2D eigenvalue weighted by Gasteiger charge is -2.24. The molecule has 1 atom stereocenters. The van der Waals surface area contributed by atoms with Crippen molar-refractivity contribution in [2.75, 3.05) is 23.7 Å². The Labute approximate surface area is 123 Å². The molecule has 0 radical (unpaired) electrons. The Hall–Kier alpha value is -1.38. The van der Waals surface area contributed by atoms with Crippen molar-refractivity contribution in [3.63, 3.8) is 0 Å². The molecule has 2 rings (SSSR count). The topological polar surface area (TPSA) is 38.5 Å². The molecule has 112 valence electrons. The number of rotatable bonds is 4. The highest BCUT2D eigenvalue weighted by molar-refractivity contribution is 5.62. The molecule has 1 aromatic rings. The van der Waals surface area contributed by atoms with Gasteiger partial charge in [-0.3, -0.25) is 0 Å². The molecule has 0 aliphatic carbocycles. The quantitative estimate of drug-likeness (QED) is 0.842. The van der Waals surface area contributed by atoms with Crippen LogP contribution in [0.5, 0.6) is 5.75 Å². The number of benzene rings is 1. The minimum Gasteiger partial charge on any atom is -0.489 e. The van der Waals surface area contributed by atoms with Gasteiger partial charge in [-0.1, -0.05) is 13.3 Å². The third-order valence-electron chi connectivity index (χ3n) is 4.15. The molecule has 0 amide bonds. The summed E-state index contributed by atoms with van der Waals surface area (Å²) in [6, 6.07) is 6.19. The SMILES string of the molecule is CCC1CCCN(c2ccc(N)c(OC(C)C)c2)CC1. The average Bonchev–Trinajstić information content (AvgIpc) is 2.66. The standard InChI is InChI=1S/C17H28N2O/c1-4-14-6-5-10-19(11-9-14)15-7-8-16(18)17(12-15)20-13(2)3/h7-8,12-14H,4-6,9-11,18H2,1-3H3. The Morgan fingerprint density at radius 1 is 1.30 bits per heavy atom. The van der Waals surface area contributed by atoms with Gasteiger partial charge in [0.2, 0.25) is 0 Å². The first kappa shape index (κ1) is 15.0. The van der Waals surface area contributed by atoms with Crippen LogP contribution in [0.3, 0.4) is 0 Å². The molecule has 2 N–H and O–H groups in total. The van der Waals surface area contributed by atoms with E-state index in [0.29, 0.717) is 0 Å². The highest BCUT2D eigenvalue weighted by Gasteiger charge is 2.17. The third-order valence-corrected chi connectivity index (χ3v) is 4.15. The van der Waals surface area contributed by atoms with Crippen LogP contribution in [0.4, 0.5) is 11.4 Å². The molecule has 0 bridgehead atoms. The van der Waals surface area contributed by atoms with E-state index in [4.69, 9.17) is 10.5 Å². The smallest absolute Gasteiger partial charge is 0.144 e. The van der Waals surface area contributed by atoms with Gasteiger partial charge in [-0.15, -0.1) is 0 Å². The lowest BCUT2D eigenvalue weighted by molar-refractivity contribution is 0.244. The molecule has 1 unspecified atom stereocenters. The Morgan fingerprint density at radius 2 is 2.10 bits per heavy atom. The van der Waals surface area contributed by atoms with Crippen molar-refractivity contribution in [1.82, 2.24) is 0 Å². The molecule has 1 aromatic carbocycles. The molecular formula is C17H28N2O. The zero-order chi connectivity index (χ0) is 14.5. The highest BCUT2D eigenvalue weighted by atomic mass is 16.5. The van der Waals surface area contributed by atoms with Gasteiger partial charge in [0, 0.05) is 24.8 Å². The van der Waals surface area contributed by atoms with E-state index < -0.39 is 0 Å². The van der Waals surface area contributed by atoms with E-state index in [1.165, 1.54) is 31.4 Å². The van der Waals surface area contributed by atoms with Crippen molar-refractivity contribution in [3.8, 4) is 5.75 Å². The summed E-state index contributed by atoms with van der Waals surface area (Å²) in [5, 5.41) is 0. The van der Waals surface area contributed by atoms with Crippen molar-refractivity contribution in [2.45, 2.75) is 52.6 Å². The van der Waals surface area contributed by atoms with E-state index in [0.717, 1.165) is 30.4 Å². The lowest BCUT2D eigenvalue weighted by Crippen LogP contribution is -2.24. The zero-order valence-corrected chi connectivity index (χ0v) is 13.1. The van der Waals surface area contributed by atoms with Crippen LogP contribution >= 0.6 is 0 Å². The number of hydrogen-bond donors (Lipinski definition) is 1. The highest BCUT2D eigenvalue weighted by Crippen LogP contribution is 2.31. The number of nitrogens with zero attached hydrogens (tertiary/aromatic N) is 1. The first-order valence-electron chi connectivity index (χ1n) is 7.91. The van der Waals surface area contributed by atoms with E-state index >= 15 is 0 Å². The fourth-order valence-electron chi connectivity index (χ4n) is 2.91. The molecule has 0 spiro atoms. The second kappa shape index (κ2) is 6.87. The predicted octanol–water partition coefficient (Wildman–Crippen LogP) is 4.07. The number of hydrogen-bond acceptors (Lipinski definition) is 3. The molecule has 1 fully saturated rings. The predicted molar refractivity (Wildman–Crippen MR) is 86.5 cm³/mol. The van der Waals surface area contributed by atoms with Crippen molar-refractivity contribution in [1.29, 1.82) is 0 Å². The minimum atomic E-state index is 0.154. The van der Waals surface area contributed by atoms with Gasteiger partial charge in [0.25, 0.3) is 0 Å². The Kier molecular flexibility index (Phi) is 5.16. The maximum atomic E-state index is 6.00. The van der Waals surface area contributed by atoms with Crippen LogP contribution in [0.25, 0.3) is 0 Å².